The second kappa shape index (κ2) is 8.57. The van der Waals surface area contributed by atoms with Crippen LogP contribution in [0.3, 0.4) is 0 Å². The van der Waals surface area contributed by atoms with E-state index in [0.717, 1.165) is 16.5 Å². The molecule has 1 aromatic heterocycles. The third-order valence-corrected chi connectivity index (χ3v) is 5.17. The van der Waals surface area contributed by atoms with Crippen molar-refractivity contribution in [3.63, 3.8) is 0 Å². The first-order valence-corrected chi connectivity index (χ1v) is 9.87. The monoisotopic (exact) mass is 419 g/mol. The summed E-state index contributed by atoms with van der Waals surface area (Å²) >= 11 is 0. The standard InChI is InChI=1S/C24H22FN3O3/c1-14(26)18-6-4-7-19(24(18)25)16-9-17(20-12-27-28-21(20)10-16)13-31-22-8-3-2-5-15(22)11-23(29)30/h2-10,12,14H,11,13,26H2,1H3,(H,27,28)(H,29,30). The highest BCUT2D eigenvalue weighted by Crippen LogP contribution is 2.32. The Labute approximate surface area is 178 Å². The van der Waals surface area contributed by atoms with Crippen molar-refractivity contribution in [3.8, 4) is 16.9 Å². The Balaban J connectivity index is 1.71. The van der Waals surface area contributed by atoms with Gasteiger partial charge in [-0.1, -0.05) is 36.4 Å². The van der Waals surface area contributed by atoms with Gasteiger partial charge in [0.1, 0.15) is 18.2 Å². The fourth-order valence-corrected chi connectivity index (χ4v) is 3.63. The van der Waals surface area contributed by atoms with Crippen molar-refractivity contribution < 1.29 is 19.0 Å². The van der Waals surface area contributed by atoms with Gasteiger partial charge in [0.2, 0.25) is 0 Å². The van der Waals surface area contributed by atoms with Crippen molar-refractivity contribution in [1.29, 1.82) is 0 Å². The average Bonchev–Trinajstić information content (AvgIpc) is 3.21. The second-order valence-electron chi connectivity index (χ2n) is 7.43. The first-order chi connectivity index (χ1) is 14.9. The summed E-state index contributed by atoms with van der Waals surface area (Å²) < 4.78 is 21.1. The number of nitrogens with zero attached hydrogens (tertiary/aromatic N) is 1. The number of para-hydroxylation sites is 1. The molecule has 0 saturated carbocycles. The molecule has 3 aromatic carbocycles. The highest BCUT2D eigenvalue weighted by molar-refractivity contribution is 5.87. The molecule has 4 rings (SSSR count). The van der Waals surface area contributed by atoms with E-state index in [1.165, 1.54) is 0 Å². The maximum absolute atomic E-state index is 15.1. The predicted molar refractivity (Wildman–Crippen MR) is 116 cm³/mol. The summed E-state index contributed by atoms with van der Waals surface area (Å²) in [5.74, 6) is -0.785. The van der Waals surface area contributed by atoms with Crippen LogP contribution in [0, 0.1) is 5.82 Å². The summed E-state index contributed by atoms with van der Waals surface area (Å²) in [7, 11) is 0. The van der Waals surface area contributed by atoms with Crippen LogP contribution in [0.5, 0.6) is 5.75 Å². The number of H-pyrrole nitrogens is 1. The summed E-state index contributed by atoms with van der Waals surface area (Å²) in [6.07, 6.45) is 1.56. The predicted octanol–water partition coefficient (Wildman–Crippen LogP) is 4.59. The molecule has 0 aliphatic heterocycles. The van der Waals surface area contributed by atoms with Gasteiger partial charge in [-0.3, -0.25) is 9.89 Å². The number of fused-ring (bicyclic) bond motifs is 1. The van der Waals surface area contributed by atoms with E-state index in [9.17, 15) is 4.79 Å². The quantitative estimate of drug-likeness (QED) is 0.407. The number of nitrogens with one attached hydrogen (secondary N) is 1. The van der Waals surface area contributed by atoms with E-state index in [-0.39, 0.29) is 18.8 Å². The molecule has 0 bridgehead atoms. The fraction of sp³-hybridized carbons (Fsp3) is 0.167. The van der Waals surface area contributed by atoms with E-state index in [1.807, 2.05) is 12.1 Å². The zero-order chi connectivity index (χ0) is 22.0. The van der Waals surface area contributed by atoms with E-state index in [1.54, 1.807) is 55.6 Å². The van der Waals surface area contributed by atoms with Crippen molar-refractivity contribution in [2.45, 2.75) is 26.0 Å². The first kappa shape index (κ1) is 20.6. The topological polar surface area (TPSA) is 101 Å². The maximum atomic E-state index is 15.1. The summed E-state index contributed by atoms with van der Waals surface area (Å²) in [5, 5.41) is 17.0. The summed E-state index contributed by atoms with van der Waals surface area (Å²) in [5.41, 5.74) is 9.61. The van der Waals surface area contributed by atoms with Crippen LogP contribution in [0.2, 0.25) is 0 Å². The van der Waals surface area contributed by atoms with Crippen LogP contribution < -0.4 is 10.5 Å². The van der Waals surface area contributed by atoms with Gasteiger partial charge in [-0.15, -0.1) is 0 Å². The van der Waals surface area contributed by atoms with Crippen molar-refractivity contribution in [2.24, 2.45) is 5.73 Å². The molecule has 0 aliphatic rings. The van der Waals surface area contributed by atoms with Gasteiger partial charge >= 0.3 is 5.97 Å². The lowest BCUT2D eigenvalue weighted by atomic mass is 9.96. The van der Waals surface area contributed by atoms with Crippen molar-refractivity contribution >= 4 is 16.9 Å². The van der Waals surface area contributed by atoms with Crippen LogP contribution in [-0.2, 0) is 17.8 Å². The number of aliphatic carboxylic acids is 1. The largest absolute Gasteiger partial charge is 0.489 e. The molecule has 0 fully saturated rings. The molecule has 1 heterocycles. The maximum Gasteiger partial charge on any atom is 0.307 e. The molecular formula is C24H22FN3O3. The van der Waals surface area contributed by atoms with Gasteiger partial charge in [-0.05, 0) is 30.7 Å². The van der Waals surface area contributed by atoms with Gasteiger partial charge in [0, 0.05) is 33.7 Å². The highest BCUT2D eigenvalue weighted by Gasteiger charge is 2.16. The molecule has 4 aromatic rings. The van der Waals surface area contributed by atoms with E-state index in [2.05, 4.69) is 10.2 Å². The summed E-state index contributed by atoms with van der Waals surface area (Å²) in [6.45, 7) is 1.92. The molecule has 0 spiro atoms. The molecule has 158 valence electrons. The van der Waals surface area contributed by atoms with Crippen LogP contribution in [0.25, 0.3) is 22.0 Å². The van der Waals surface area contributed by atoms with Gasteiger partial charge in [-0.25, -0.2) is 4.39 Å². The second-order valence-corrected chi connectivity index (χ2v) is 7.43. The first-order valence-electron chi connectivity index (χ1n) is 9.87. The lowest BCUT2D eigenvalue weighted by molar-refractivity contribution is -0.136. The molecule has 1 unspecified atom stereocenters. The van der Waals surface area contributed by atoms with Crippen LogP contribution >= 0.6 is 0 Å². The third kappa shape index (κ3) is 4.27. The smallest absolute Gasteiger partial charge is 0.307 e. The molecule has 1 atom stereocenters. The summed E-state index contributed by atoms with van der Waals surface area (Å²) in [6, 6.07) is 15.5. The van der Waals surface area contributed by atoms with E-state index in [0.29, 0.717) is 28.0 Å². The van der Waals surface area contributed by atoms with Crippen LogP contribution in [0.1, 0.15) is 29.7 Å². The number of rotatable bonds is 7. The summed E-state index contributed by atoms with van der Waals surface area (Å²) in [4.78, 5) is 11.1. The van der Waals surface area contributed by atoms with Crippen molar-refractivity contribution in [2.75, 3.05) is 0 Å². The lowest BCUT2D eigenvalue weighted by Gasteiger charge is -2.14. The number of carboxylic acid groups (broad SMARTS) is 1. The normalized spacial score (nSPS) is 12.1. The van der Waals surface area contributed by atoms with Crippen LogP contribution in [0.4, 0.5) is 4.39 Å². The molecule has 0 saturated heterocycles. The number of aromatic nitrogens is 2. The number of carbonyl (C=O) groups is 1. The fourth-order valence-electron chi connectivity index (χ4n) is 3.63. The molecule has 0 radical (unpaired) electrons. The number of hydrogen-bond acceptors (Lipinski definition) is 4. The number of ether oxygens (including phenoxy) is 1. The van der Waals surface area contributed by atoms with Crippen LogP contribution in [-0.4, -0.2) is 21.3 Å². The van der Waals surface area contributed by atoms with Crippen LogP contribution in [0.15, 0.2) is 60.8 Å². The number of hydrogen-bond donors (Lipinski definition) is 3. The van der Waals surface area contributed by atoms with E-state index >= 15 is 4.39 Å². The van der Waals surface area contributed by atoms with Gasteiger partial charge < -0.3 is 15.6 Å². The Kier molecular flexibility index (Phi) is 5.68. The molecule has 31 heavy (non-hydrogen) atoms. The molecular weight excluding hydrogens is 397 g/mol. The number of benzene rings is 3. The molecule has 0 aliphatic carbocycles. The zero-order valence-corrected chi connectivity index (χ0v) is 16.9. The minimum Gasteiger partial charge on any atom is -0.489 e. The Morgan fingerprint density at radius 3 is 2.77 bits per heavy atom. The van der Waals surface area contributed by atoms with Gasteiger partial charge in [-0.2, -0.15) is 5.10 Å². The minimum absolute atomic E-state index is 0.132. The molecule has 0 amide bonds. The van der Waals surface area contributed by atoms with E-state index < -0.39 is 12.0 Å². The highest BCUT2D eigenvalue weighted by atomic mass is 19.1. The molecule has 7 heteroatoms. The SMILES string of the molecule is CC(N)c1cccc(-c2cc(COc3ccccc3CC(=O)O)c3cn[nH]c3c2)c1F. The number of aromatic amines is 1. The van der Waals surface area contributed by atoms with Gasteiger partial charge in [0.15, 0.2) is 0 Å². The Morgan fingerprint density at radius 2 is 2.00 bits per heavy atom. The number of halogens is 1. The van der Waals surface area contributed by atoms with Gasteiger partial charge in [0.25, 0.3) is 0 Å². The molecule has 4 N–H and O–H groups in total. The van der Waals surface area contributed by atoms with Crippen molar-refractivity contribution in [1.82, 2.24) is 10.2 Å². The van der Waals surface area contributed by atoms with E-state index in [4.69, 9.17) is 15.6 Å². The lowest BCUT2D eigenvalue weighted by Crippen LogP contribution is -2.08. The Hall–Kier alpha value is -3.71. The van der Waals surface area contributed by atoms with Gasteiger partial charge in [0.05, 0.1) is 18.1 Å². The van der Waals surface area contributed by atoms with Crippen molar-refractivity contribution in [3.05, 3.63) is 83.3 Å². The Morgan fingerprint density at radius 1 is 1.19 bits per heavy atom. The minimum atomic E-state index is -0.931. The zero-order valence-electron chi connectivity index (χ0n) is 16.9. The molecule has 6 nitrogen and oxygen atoms in total. The Bertz CT molecular complexity index is 1250. The third-order valence-electron chi connectivity index (χ3n) is 5.17. The average molecular weight is 419 g/mol. The number of nitrogens with two attached hydrogens (primary N) is 1. The number of carboxylic acids is 1.